The molecule has 4 atom stereocenters. The Morgan fingerprint density at radius 1 is 1.50 bits per heavy atom. The minimum absolute atomic E-state index is 0.0912. The van der Waals surface area contributed by atoms with Gasteiger partial charge in [0.05, 0.1) is 6.10 Å². The number of esters is 1. The van der Waals surface area contributed by atoms with Crippen molar-refractivity contribution in [3.8, 4) is 0 Å². The van der Waals surface area contributed by atoms with Crippen LogP contribution in [-0.4, -0.2) is 12.1 Å². The summed E-state index contributed by atoms with van der Waals surface area (Å²) in [6, 6.07) is 0. The van der Waals surface area contributed by atoms with Gasteiger partial charge in [0.2, 0.25) is 0 Å². The molecule has 0 radical (unpaired) electrons. The van der Waals surface area contributed by atoms with Gasteiger partial charge in [-0.05, 0) is 56.3 Å². The second kappa shape index (κ2) is 4.38. The van der Waals surface area contributed by atoms with Crippen LogP contribution >= 0.6 is 0 Å². The van der Waals surface area contributed by atoms with Crippen molar-refractivity contribution in [2.45, 2.75) is 65.4 Å². The van der Waals surface area contributed by atoms with E-state index in [1.165, 1.54) is 39.0 Å². The number of carbonyl (C=O) groups excluding carboxylic acids is 1. The highest BCUT2D eigenvalue weighted by Gasteiger charge is 2.47. The van der Waals surface area contributed by atoms with Crippen LogP contribution in [0.2, 0.25) is 0 Å². The number of ether oxygens (including phenoxy) is 1. The van der Waals surface area contributed by atoms with Gasteiger partial charge in [0.25, 0.3) is 0 Å². The fourth-order valence-electron chi connectivity index (χ4n) is 3.90. The van der Waals surface area contributed by atoms with Crippen molar-refractivity contribution >= 4 is 5.97 Å². The van der Waals surface area contributed by atoms with Gasteiger partial charge in [-0.15, -0.1) is 0 Å². The summed E-state index contributed by atoms with van der Waals surface area (Å²) in [5.41, 5.74) is 0.539. The summed E-state index contributed by atoms with van der Waals surface area (Å²) in [6.45, 7) is 5.95. The molecule has 0 saturated heterocycles. The molecule has 0 amide bonds. The van der Waals surface area contributed by atoms with E-state index in [1.54, 1.807) is 0 Å². The van der Waals surface area contributed by atoms with Gasteiger partial charge in [-0.3, -0.25) is 4.79 Å². The molecular weight excluding hydrogens is 200 g/mol. The predicted molar refractivity (Wildman–Crippen MR) is 64.0 cm³/mol. The molecule has 2 fully saturated rings. The monoisotopic (exact) mass is 224 g/mol. The van der Waals surface area contributed by atoms with Crippen LogP contribution in [-0.2, 0) is 9.53 Å². The Kier molecular flexibility index (Phi) is 3.27. The number of hydrogen-bond donors (Lipinski definition) is 0. The molecular formula is C14H24O2. The van der Waals surface area contributed by atoms with Crippen molar-refractivity contribution in [3.63, 3.8) is 0 Å². The lowest BCUT2D eigenvalue weighted by atomic mass is 9.71. The molecule has 2 saturated carbocycles. The minimum atomic E-state index is -0.148. The van der Waals surface area contributed by atoms with Crippen LogP contribution in [0.4, 0.5) is 0 Å². The van der Waals surface area contributed by atoms with E-state index in [2.05, 4.69) is 6.92 Å². The molecule has 0 heterocycles. The molecule has 92 valence electrons. The Balaban J connectivity index is 1.79. The number of rotatable bonds is 4. The summed E-state index contributed by atoms with van der Waals surface area (Å²) in [4.78, 5) is 10.8. The maximum Gasteiger partial charge on any atom is 0.302 e. The quantitative estimate of drug-likeness (QED) is 0.683. The largest absolute Gasteiger partial charge is 0.463 e. The van der Waals surface area contributed by atoms with E-state index in [1.807, 2.05) is 6.92 Å². The zero-order valence-electron chi connectivity index (χ0n) is 10.8. The van der Waals surface area contributed by atoms with Gasteiger partial charge in [0, 0.05) is 6.92 Å². The molecule has 16 heavy (non-hydrogen) atoms. The SMILES string of the molecule is CC(=O)O[C@H](C)CC[C@]1(C)C[C@@H]2CC[C@@H]1C2. The molecule has 2 bridgehead atoms. The first-order chi connectivity index (χ1) is 7.49. The zero-order chi connectivity index (χ0) is 11.8. The highest BCUT2D eigenvalue weighted by Crippen LogP contribution is 2.57. The Morgan fingerprint density at radius 2 is 2.25 bits per heavy atom. The van der Waals surface area contributed by atoms with Gasteiger partial charge in [-0.2, -0.15) is 0 Å². The predicted octanol–water partition coefficient (Wildman–Crippen LogP) is 3.54. The normalized spacial score (nSPS) is 38.7. The van der Waals surface area contributed by atoms with Gasteiger partial charge in [0.15, 0.2) is 0 Å². The summed E-state index contributed by atoms with van der Waals surface area (Å²) in [5, 5.41) is 0. The fraction of sp³-hybridized carbons (Fsp3) is 0.929. The molecule has 2 aliphatic carbocycles. The van der Waals surface area contributed by atoms with Gasteiger partial charge < -0.3 is 4.74 Å². The van der Waals surface area contributed by atoms with E-state index in [0.717, 1.165) is 18.3 Å². The van der Waals surface area contributed by atoms with Crippen molar-refractivity contribution in [1.82, 2.24) is 0 Å². The van der Waals surface area contributed by atoms with E-state index < -0.39 is 0 Å². The van der Waals surface area contributed by atoms with Crippen LogP contribution in [0.3, 0.4) is 0 Å². The first-order valence-electron chi connectivity index (χ1n) is 6.67. The first kappa shape index (κ1) is 11.9. The lowest BCUT2D eigenvalue weighted by Gasteiger charge is -2.34. The van der Waals surface area contributed by atoms with Crippen LogP contribution in [0.25, 0.3) is 0 Å². The van der Waals surface area contributed by atoms with Crippen molar-refractivity contribution in [2.75, 3.05) is 0 Å². The van der Waals surface area contributed by atoms with E-state index in [0.29, 0.717) is 5.41 Å². The Labute approximate surface area is 98.7 Å². The third-order valence-corrected chi connectivity index (χ3v) is 4.77. The Bertz CT molecular complexity index is 274. The van der Waals surface area contributed by atoms with E-state index in [4.69, 9.17) is 4.74 Å². The molecule has 2 nitrogen and oxygen atoms in total. The second-order valence-electron chi connectivity index (χ2n) is 6.19. The highest BCUT2D eigenvalue weighted by atomic mass is 16.5. The fourth-order valence-corrected chi connectivity index (χ4v) is 3.90. The minimum Gasteiger partial charge on any atom is -0.463 e. The summed E-state index contributed by atoms with van der Waals surface area (Å²) >= 11 is 0. The summed E-state index contributed by atoms with van der Waals surface area (Å²) in [7, 11) is 0. The maximum atomic E-state index is 10.8. The molecule has 2 heteroatoms. The smallest absolute Gasteiger partial charge is 0.302 e. The van der Waals surface area contributed by atoms with Crippen LogP contribution < -0.4 is 0 Å². The summed E-state index contributed by atoms with van der Waals surface area (Å²) in [6.07, 6.45) is 8.10. The number of carbonyl (C=O) groups is 1. The van der Waals surface area contributed by atoms with Crippen LogP contribution in [0.15, 0.2) is 0 Å². The molecule has 0 unspecified atom stereocenters. The average molecular weight is 224 g/mol. The van der Waals surface area contributed by atoms with Gasteiger partial charge in [-0.1, -0.05) is 13.3 Å². The summed E-state index contributed by atoms with van der Waals surface area (Å²) < 4.78 is 5.20. The zero-order valence-corrected chi connectivity index (χ0v) is 10.8. The topological polar surface area (TPSA) is 26.3 Å². The standard InChI is InChI=1S/C14H24O2/c1-10(16-11(2)15)6-7-14(3)9-12-4-5-13(14)8-12/h10,12-13H,4-9H2,1-3H3/t10-,12-,13-,14-/m1/s1. The number of hydrogen-bond acceptors (Lipinski definition) is 2. The summed E-state index contributed by atoms with van der Waals surface area (Å²) in [5.74, 6) is 1.80. The van der Waals surface area contributed by atoms with Gasteiger partial charge in [0.1, 0.15) is 0 Å². The maximum absolute atomic E-state index is 10.8. The lowest BCUT2D eigenvalue weighted by molar-refractivity contribution is -0.146. The van der Waals surface area contributed by atoms with Gasteiger partial charge in [-0.25, -0.2) is 0 Å². The third-order valence-electron chi connectivity index (χ3n) is 4.77. The Hall–Kier alpha value is -0.530. The molecule has 0 aromatic rings. The average Bonchev–Trinajstić information content (AvgIpc) is 2.73. The van der Waals surface area contributed by atoms with Gasteiger partial charge >= 0.3 is 5.97 Å². The van der Waals surface area contributed by atoms with E-state index in [-0.39, 0.29) is 12.1 Å². The Morgan fingerprint density at radius 3 is 2.75 bits per heavy atom. The molecule has 0 N–H and O–H groups in total. The molecule has 2 rings (SSSR count). The van der Waals surface area contributed by atoms with Crippen molar-refractivity contribution in [3.05, 3.63) is 0 Å². The molecule has 0 spiro atoms. The van der Waals surface area contributed by atoms with Crippen molar-refractivity contribution in [2.24, 2.45) is 17.3 Å². The van der Waals surface area contributed by atoms with Crippen LogP contribution in [0.5, 0.6) is 0 Å². The lowest BCUT2D eigenvalue weighted by Crippen LogP contribution is -2.26. The van der Waals surface area contributed by atoms with Crippen molar-refractivity contribution in [1.29, 1.82) is 0 Å². The van der Waals surface area contributed by atoms with Crippen LogP contribution in [0, 0.1) is 17.3 Å². The molecule has 0 aromatic carbocycles. The van der Waals surface area contributed by atoms with E-state index in [9.17, 15) is 4.79 Å². The van der Waals surface area contributed by atoms with Crippen LogP contribution in [0.1, 0.15) is 59.3 Å². The third kappa shape index (κ3) is 2.41. The molecule has 0 aliphatic heterocycles. The van der Waals surface area contributed by atoms with Crippen molar-refractivity contribution < 1.29 is 9.53 Å². The number of fused-ring (bicyclic) bond motifs is 2. The molecule has 0 aromatic heterocycles. The molecule has 2 aliphatic rings. The first-order valence-corrected chi connectivity index (χ1v) is 6.67. The second-order valence-corrected chi connectivity index (χ2v) is 6.19. The highest BCUT2D eigenvalue weighted by molar-refractivity contribution is 5.66. The van der Waals surface area contributed by atoms with E-state index >= 15 is 0 Å².